The predicted molar refractivity (Wildman–Crippen MR) is 91.4 cm³/mol. The van der Waals surface area contributed by atoms with E-state index in [1.807, 2.05) is 53.4 Å². The van der Waals surface area contributed by atoms with E-state index < -0.39 is 6.10 Å². The van der Waals surface area contributed by atoms with E-state index in [1.54, 1.807) is 7.11 Å². The smallest absolute Gasteiger partial charge is 0.256 e. The number of hydrogen-bond acceptors (Lipinski definition) is 3. The van der Waals surface area contributed by atoms with Crippen molar-refractivity contribution >= 4 is 11.6 Å². The Hall–Kier alpha value is -2.33. The van der Waals surface area contributed by atoms with E-state index >= 15 is 0 Å². The summed E-state index contributed by atoms with van der Waals surface area (Å²) >= 11 is 0. The molecule has 4 heteroatoms. The average molecular weight is 310 g/mol. The first-order chi connectivity index (χ1) is 11.3. The minimum absolute atomic E-state index is 0.0476. The monoisotopic (exact) mass is 310 g/mol. The van der Waals surface area contributed by atoms with Gasteiger partial charge in [0.05, 0.1) is 0 Å². The molecule has 0 aliphatic carbocycles. The van der Waals surface area contributed by atoms with Crippen LogP contribution in [0.5, 0.6) is 0 Å². The number of rotatable bonds is 4. The van der Waals surface area contributed by atoms with Crippen LogP contribution >= 0.6 is 0 Å². The molecule has 1 aliphatic heterocycles. The molecule has 2 aromatic carbocycles. The lowest BCUT2D eigenvalue weighted by atomic mass is 10.1. The van der Waals surface area contributed by atoms with Gasteiger partial charge in [0.15, 0.2) is 6.10 Å². The van der Waals surface area contributed by atoms with Crippen LogP contribution < -0.4 is 4.90 Å². The maximum atomic E-state index is 12.8. The molecule has 1 saturated heterocycles. The highest BCUT2D eigenvalue weighted by Gasteiger charge is 2.28. The van der Waals surface area contributed by atoms with Crippen LogP contribution in [0.3, 0.4) is 0 Å². The summed E-state index contributed by atoms with van der Waals surface area (Å²) in [6, 6.07) is 20.0. The van der Waals surface area contributed by atoms with E-state index in [2.05, 4.69) is 17.0 Å². The number of ether oxygens (including phenoxy) is 1. The Morgan fingerprint density at radius 2 is 1.48 bits per heavy atom. The molecule has 0 spiro atoms. The summed E-state index contributed by atoms with van der Waals surface area (Å²) in [5.74, 6) is 0.0476. The summed E-state index contributed by atoms with van der Waals surface area (Å²) < 4.78 is 5.46. The number of anilines is 1. The Kier molecular flexibility index (Phi) is 4.93. The van der Waals surface area contributed by atoms with E-state index in [0.29, 0.717) is 0 Å². The van der Waals surface area contributed by atoms with E-state index in [1.165, 1.54) is 5.69 Å². The molecule has 1 fully saturated rings. The van der Waals surface area contributed by atoms with Crippen LogP contribution in [-0.2, 0) is 9.53 Å². The van der Waals surface area contributed by atoms with E-state index in [9.17, 15) is 4.79 Å². The molecule has 0 saturated carbocycles. The highest BCUT2D eigenvalue weighted by atomic mass is 16.5. The number of benzene rings is 2. The third kappa shape index (κ3) is 3.54. The van der Waals surface area contributed by atoms with Gasteiger partial charge in [-0.1, -0.05) is 48.5 Å². The van der Waals surface area contributed by atoms with Crippen LogP contribution in [0.15, 0.2) is 60.7 Å². The number of nitrogens with zero attached hydrogens (tertiary/aromatic N) is 2. The lowest BCUT2D eigenvalue weighted by Crippen LogP contribution is -2.50. The third-order valence-electron chi connectivity index (χ3n) is 4.28. The first-order valence-electron chi connectivity index (χ1n) is 7.96. The van der Waals surface area contributed by atoms with Crippen molar-refractivity contribution < 1.29 is 9.53 Å². The topological polar surface area (TPSA) is 32.8 Å². The molecule has 0 radical (unpaired) electrons. The van der Waals surface area contributed by atoms with Gasteiger partial charge in [0.1, 0.15) is 0 Å². The number of methoxy groups -OCH3 is 1. The van der Waals surface area contributed by atoms with E-state index in [0.717, 1.165) is 31.7 Å². The molecule has 120 valence electrons. The molecule has 1 aliphatic rings. The van der Waals surface area contributed by atoms with Crippen molar-refractivity contribution in [2.75, 3.05) is 38.2 Å². The lowest BCUT2D eigenvalue weighted by Gasteiger charge is -2.37. The first kappa shape index (κ1) is 15.6. The Morgan fingerprint density at radius 1 is 0.913 bits per heavy atom. The van der Waals surface area contributed by atoms with Crippen LogP contribution in [0, 0.1) is 0 Å². The number of para-hydroxylation sites is 1. The molecule has 4 nitrogen and oxygen atoms in total. The second kappa shape index (κ2) is 7.29. The maximum Gasteiger partial charge on any atom is 0.256 e. The predicted octanol–water partition coefficient (Wildman–Crippen LogP) is 2.72. The number of carbonyl (C=O) groups is 1. The molecule has 23 heavy (non-hydrogen) atoms. The zero-order chi connectivity index (χ0) is 16.1. The number of hydrogen-bond donors (Lipinski definition) is 0. The zero-order valence-electron chi connectivity index (χ0n) is 13.4. The summed E-state index contributed by atoms with van der Waals surface area (Å²) in [6.07, 6.45) is -0.514. The minimum Gasteiger partial charge on any atom is -0.368 e. The quantitative estimate of drug-likeness (QED) is 0.870. The van der Waals surface area contributed by atoms with Crippen LogP contribution in [0.4, 0.5) is 5.69 Å². The van der Waals surface area contributed by atoms with Gasteiger partial charge in [-0.05, 0) is 17.7 Å². The molecule has 1 atom stereocenters. The van der Waals surface area contributed by atoms with E-state index in [4.69, 9.17) is 4.74 Å². The van der Waals surface area contributed by atoms with Crippen molar-refractivity contribution in [1.29, 1.82) is 0 Å². The fourth-order valence-electron chi connectivity index (χ4n) is 3.00. The normalized spacial score (nSPS) is 16.2. The summed E-state index contributed by atoms with van der Waals surface area (Å²) in [5.41, 5.74) is 2.12. The molecule has 0 aromatic heterocycles. The van der Waals surface area contributed by atoms with Gasteiger partial charge in [-0.2, -0.15) is 0 Å². The van der Waals surface area contributed by atoms with Crippen LogP contribution in [-0.4, -0.2) is 44.1 Å². The summed E-state index contributed by atoms with van der Waals surface area (Å²) in [6.45, 7) is 3.14. The maximum absolute atomic E-state index is 12.8. The van der Waals surface area contributed by atoms with Crippen LogP contribution in [0.1, 0.15) is 11.7 Å². The molecule has 3 rings (SSSR count). The Balaban J connectivity index is 1.64. The highest BCUT2D eigenvalue weighted by molar-refractivity contribution is 5.82. The second-order valence-electron chi connectivity index (χ2n) is 5.67. The molecule has 0 bridgehead atoms. The Morgan fingerprint density at radius 3 is 2.04 bits per heavy atom. The summed E-state index contributed by atoms with van der Waals surface area (Å²) in [7, 11) is 1.59. The third-order valence-corrected chi connectivity index (χ3v) is 4.28. The van der Waals surface area contributed by atoms with Gasteiger partial charge in [0, 0.05) is 39.0 Å². The average Bonchev–Trinajstić information content (AvgIpc) is 2.64. The molecule has 2 aromatic rings. The van der Waals surface area contributed by atoms with Crippen molar-refractivity contribution in [3.05, 3.63) is 66.2 Å². The summed E-state index contributed by atoms with van der Waals surface area (Å²) in [5, 5.41) is 0. The first-order valence-corrected chi connectivity index (χ1v) is 7.96. The second-order valence-corrected chi connectivity index (χ2v) is 5.67. The highest BCUT2D eigenvalue weighted by Crippen LogP contribution is 2.21. The van der Waals surface area contributed by atoms with Crippen molar-refractivity contribution in [2.45, 2.75) is 6.10 Å². The fourth-order valence-corrected chi connectivity index (χ4v) is 3.00. The van der Waals surface area contributed by atoms with Gasteiger partial charge in [-0.25, -0.2) is 0 Å². The number of amides is 1. The summed E-state index contributed by atoms with van der Waals surface area (Å²) in [4.78, 5) is 17.0. The van der Waals surface area contributed by atoms with Gasteiger partial charge < -0.3 is 14.5 Å². The lowest BCUT2D eigenvalue weighted by molar-refractivity contribution is -0.142. The van der Waals surface area contributed by atoms with Gasteiger partial charge in [-0.15, -0.1) is 0 Å². The van der Waals surface area contributed by atoms with Gasteiger partial charge in [-0.3, -0.25) is 4.79 Å². The molecular weight excluding hydrogens is 288 g/mol. The molecule has 0 unspecified atom stereocenters. The standard InChI is InChI=1S/C19H22N2O2/c1-23-18(16-8-4-2-5-9-16)19(22)21-14-12-20(13-15-21)17-10-6-3-7-11-17/h2-11,18H,12-15H2,1H3/t18-/m0/s1. The van der Waals surface area contributed by atoms with Crippen molar-refractivity contribution in [2.24, 2.45) is 0 Å². The minimum atomic E-state index is -0.514. The fraction of sp³-hybridized carbons (Fsp3) is 0.316. The van der Waals surface area contributed by atoms with Crippen molar-refractivity contribution in [3.63, 3.8) is 0 Å². The Labute approximate surface area is 137 Å². The molecular formula is C19H22N2O2. The molecule has 0 N–H and O–H groups in total. The Bertz CT molecular complexity index is 622. The molecule has 1 amide bonds. The van der Waals surface area contributed by atoms with Crippen molar-refractivity contribution in [1.82, 2.24) is 4.90 Å². The van der Waals surface area contributed by atoms with E-state index in [-0.39, 0.29) is 5.91 Å². The van der Waals surface area contributed by atoms with Gasteiger partial charge in [0.25, 0.3) is 5.91 Å². The molecule has 1 heterocycles. The number of piperazine rings is 1. The SMILES string of the molecule is CO[C@H](C(=O)N1CCN(c2ccccc2)CC1)c1ccccc1. The van der Waals surface area contributed by atoms with Gasteiger partial charge in [0.2, 0.25) is 0 Å². The largest absolute Gasteiger partial charge is 0.368 e. The van der Waals surface area contributed by atoms with Crippen molar-refractivity contribution in [3.8, 4) is 0 Å². The van der Waals surface area contributed by atoms with Gasteiger partial charge >= 0.3 is 0 Å². The number of carbonyl (C=O) groups excluding carboxylic acids is 1. The van der Waals surface area contributed by atoms with Crippen LogP contribution in [0.25, 0.3) is 0 Å². The zero-order valence-corrected chi connectivity index (χ0v) is 13.4. The van der Waals surface area contributed by atoms with Crippen LogP contribution in [0.2, 0.25) is 0 Å².